The maximum atomic E-state index is 11.6. The highest BCUT2D eigenvalue weighted by Gasteiger charge is 2.12. The van der Waals surface area contributed by atoms with E-state index in [0.29, 0.717) is 5.69 Å². The topological polar surface area (TPSA) is 57.4 Å². The fraction of sp³-hybridized carbons (Fsp3) is 0.500. The number of morpholine rings is 1. The summed E-state index contributed by atoms with van der Waals surface area (Å²) in [5, 5.41) is 2.84. The zero-order valence-corrected chi connectivity index (χ0v) is 8.75. The zero-order valence-electron chi connectivity index (χ0n) is 8.75. The monoisotopic (exact) mass is 209 g/mol. The number of aromatic amines is 1. The Kier molecular flexibility index (Phi) is 2.91. The highest BCUT2D eigenvalue weighted by molar-refractivity contribution is 5.48. The Morgan fingerprint density at radius 2 is 2.20 bits per heavy atom. The van der Waals surface area contributed by atoms with Gasteiger partial charge in [-0.1, -0.05) is 0 Å². The Bertz CT molecular complexity index is 382. The minimum atomic E-state index is 0.0118. The zero-order chi connectivity index (χ0) is 10.7. The van der Waals surface area contributed by atoms with Gasteiger partial charge >= 0.3 is 0 Å². The van der Waals surface area contributed by atoms with Crippen LogP contribution in [0.1, 0.15) is 0 Å². The molecular weight excluding hydrogens is 194 g/mol. The first-order chi connectivity index (χ1) is 7.31. The normalized spacial score (nSPS) is 16.5. The van der Waals surface area contributed by atoms with Crippen LogP contribution in [0.4, 0.5) is 11.5 Å². The fourth-order valence-electron chi connectivity index (χ4n) is 1.64. The predicted octanol–water partition coefficient (Wildman–Crippen LogP) is 0.253. The van der Waals surface area contributed by atoms with Crippen LogP contribution in [0.2, 0.25) is 0 Å². The van der Waals surface area contributed by atoms with E-state index in [1.807, 2.05) is 0 Å². The third kappa shape index (κ3) is 2.12. The summed E-state index contributed by atoms with van der Waals surface area (Å²) < 4.78 is 5.25. The summed E-state index contributed by atoms with van der Waals surface area (Å²) in [6, 6.07) is 1.62. The van der Waals surface area contributed by atoms with Gasteiger partial charge in [0.05, 0.1) is 18.9 Å². The number of aromatic nitrogens is 1. The van der Waals surface area contributed by atoms with Crippen LogP contribution < -0.4 is 15.6 Å². The van der Waals surface area contributed by atoms with Crippen molar-refractivity contribution < 1.29 is 4.74 Å². The molecule has 0 atom stereocenters. The van der Waals surface area contributed by atoms with Crippen LogP contribution >= 0.6 is 0 Å². The Labute approximate surface area is 88.1 Å². The number of rotatable bonds is 2. The lowest BCUT2D eigenvalue weighted by molar-refractivity contribution is 0.122. The second-order valence-corrected chi connectivity index (χ2v) is 3.45. The van der Waals surface area contributed by atoms with Gasteiger partial charge in [0.25, 0.3) is 0 Å². The summed E-state index contributed by atoms with van der Waals surface area (Å²) in [6.07, 6.45) is 1.70. The van der Waals surface area contributed by atoms with Gasteiger partial charge < -0.3 is 19.9 Å². The maximum Gasteiger partial charge on any atom is 0.206 e. The summed E-state index contributed by atoms with van der Waals surface area (Å²) in [5.41, 5.74) is 0.602. The molecule has 1 fully saturated rings. The number of nitrogens with zero attached hydrogens (tertiary/aromatic N) is 1. The Morgan fingerprint density at radius 3 is 2.80 bits per heavy atom. The predicted molar refractivity (Wildman–Crippen MR) is 59.6 cm³/mol. The number of H-pyrrole nitrogens is 1. The molecule has 0 saturated carbocycles. The van der Waals surface area contributed by atoms with Crippen LogP contribution in [-0.2, 0) is 4.74 Å². The summed E-state index contributed by atoms with van der Waals surface area (Å²) in [5.74, 6) is 0.863. The van der Waals surface area contributed by atoms with Crippen molar-refractivity contribution in [2.24, 2.45) is 0 Å². The molecule has 5 heteroatoms. The molecule has 0 radical (unpaired) electrons. The molecule has 2 N–H and O–H groups in total. The van der Waals surface area contributed by atoms with E-state index in [-0.39, 0.29) is 5.43 Å². The molecule has 1 saturated heterocycles. The van der Waals surface area contributed by atoms with Crippen molar-refractivity contribution in [2.45, 2.75) is 0 Å². The molecule has 2 rings (SSSR count). The van der Waals surface area contributed by atoms with Crippen LogP contribution in [0.3, 0.4) is 0 Å². The molecule has 1 aromatic rings. The highest BCUT2D eigenvalue weighted by atomic mass is 16.5. The molecule has 2 heterocycles. The van der Waals surface area contributed by atoms with Gasteiger partial charge in [0, 0.05) is 32.4 Å². The molecule has 0 amide bonds. The van der Waals surface area contributed by atoms with Crippen molar-refractivity contribution in [1.29, 1.82) is 0 Å². The molecule has 1 aliphatic heterocycles. The molecule has 0 unspecified atom stereocenters. The molecular formula is C10H15N3O2. The second kappa shape index (κ2) is 4.35. The third-order valence-corrected chi connectivity index (χ3v) is 2.52. The Hall–Kier alpha value is -1.49. The van der Waals surface area contributed by atoms with Crippen LogP contribution in [-0.4, -0.2) is 38.3 Å². The molecule has 0 bridgehead atoms. The Morgan fingerprint density at radius 1 is 1.47 bits per heavy atom. The minimum Gasteiger partial charge on any atom is -0.384 e. The molecule has 5 nitrogen and oxygen atoms in total. The van der Waals surface area contributed by atoms with E-state index in [9.17, 15) is 4.79 Å². The van der Waals surface area contributed by atoms with Crippen molar-refractivity contribution >= 4 is 11.5 Å². The first kappa shape index (κ1) is 10.0. The average Bonchev–Trinajstić information content (AvgIpc) is 2.30. The van der Waals surface area contributed by atoms with E-state index in [1.54, 1.807) is 19.3 Å². The van der Waals surface area contributed by atoms with E-state index in [0.717, 1.165) is 32.1 Å². The quantitative estimate of drug-likeness (QED) is 0.733. The van der Waals surface area contributed by atoms with Crippen molar-refractivity contribution in [1.82, 2.24) is 4.98 Å². The lowest BCUT2D eigenvalue weighted by Gasteiger charge is -2.28. The van der Waals surface area contributed by atoms with E-state index in [1.165, 1.54) is 0 Å². The van der Waals surface area contributed by atoms with Gasteiger partial charge in [-0.2, -0.15) is 0 Å². The number of pyridine rings is 1. The molecule has 1 aliphatic rings. The lowest BCUT2D eigenvalue weighted by Crippen LogP contribution is -2.37. The number of anilines is 2. The number of nitrogens with one attached hydrogen (secondary N) is 2. The van der Waals surface area contributed by atoms with Gasteiger partial charge in [-0.15, -0.1) is 0 Å². The van der Waals surface area contributed by atoms with Crippen LogP contribution in [0, 0.1) is 0 Å². The van der Waals surface area contributed by atoms with Crippen molar-refractivity contribution in [3.8, 4) is 0 Å². The van der Waals surface area contributed by atoms with Gasteiger partial charge in [-0.25, -0.2) is 0 Å². The standard InChI is InChI=1S/C10H15N3O2/c1-11-8-7-12-10(6-9(8)14)13-2-4-15-5-3-13/h6-7,11H,2-5H2,1H3,(H,12,14). The van der Waals surface area contributed by atoms with Crippen molar-refractivity contribution in [2.75, 3.05) is 43.6 Å². The SMILES string of the molecule is CNc1c[nH]c(N2CCOCC2)cc1=O. The minimum absolute atomic E-state index is 0.0118. The van der Waals surface area contributed by atoms with Crippen LogP contribution in [0.15, 0.2) is 17.1 Å². The Balaban J connectivity index is 2.21. The summed E-state index contributed by atoms with van der Waals surface area (Å²) in [4.78, 5) is 16.8. The van der Waals surface area contributed by atoms with E-state index < -0.39 is 0 Å². The molecule has 0 aliphatic carbocycles. The summed E-state index contributed by atoms with van der Waals surface area (Å²) in [6.45, 7) is 3.09. The van der Waals surface area contributed by atoms with Crippen molar-refractivity contribution in [3.05, 3.63) is 22.5 Å². The third-order valence-electron chi connectivity index (χ3n) is 2.52. The summed E-state index contributed by atoms with van der Waals surface area (Å²) in [7, 11) is 1.74. The maximum absolute atomic E-state index is 11.6. The molecule has 0 aromatic carbocycles. The average molecular weight is 209 g/mol. The largest absolute Gasteiger partial charge is 0.384 e. The second-order valence-electron chi connectivity index (χ2n) is 3.45. The van der Waals surface area contributed by atoms with Crippen LogP contribution in [0.5, 0.6) is 0 Å². The first-order valence-electron chi connectivity index (χ1n) is 5.04. The number of ether oxygens (including phenoxy) is 1. The lowest BCUT2D eigenvalue weighted by atomic mass is 10.3. The number of hydrogen-bond donors (Lipinski definition) is 2. The molecule has 82 valence electrons. The van der Waals surface area contributed by atoms with E-state index >= 15 is 0 Å². The van der Waals surface area contributed by atoms with Gasteiger partial charge in [-0.05, 0) is 0 Å². The molecule has 15 heavy (non-hydrogen) atoms. The smallest absolute Gasteiger partial charge is 0.206 e. The van der Waals surface area contributed by atoms with Gasteiger partial charge in [0.15, 0.2) is 0 Å². The molecule has 1 aromatic heterocycles. The summed E-state index contributed by atoms with van der Waals surface area (Å²) >= 11 is 0. The fourth-order valence-corrected chi connectivity index (χ4v) is 1.64. The van der Waals surface area contributed by atoms with Gasteiger partial charge in [0.2, 0.25) is 5.43 Å². The molecule has 0 spiro atoms. The van der Waals surface area contributed by atoms with E-state index in [4.69, 9.17) is 4.74 Å². The first-order valence-corrected chi connectivity index (χ1v) is 5.04. The van der Waals surface area contributed by atoms with Crippen molar-refractivity contribution in [3.63, 3.8) is 0 Å². The number of hydrogen-bond acceptors (Lipinski definition) is 4. The highest BCUT2D eigenvalue weighted by Crippen LogP contribution is 2.11. The van der Waals surface area contributed by atoms with Gasteiger partial charge in [0.1, 0.15) is 5.82 Å². The van der Waals surface area contributed by atoms with Crippen LogP contribution in [0.25, 0.3) is 0 Å². The van der Waals surface area contributed by atoms with E-state index in [2.05, 4.69) is 15.2 Å². The van der Waals surface area contributed by atoms with Gasteiger partial charge in [-0.3, -0.25) is 4.79 Å².